The van der Waals surface area contributed by atoms with E-state index >= 15 is 0 Å². The highest BCUT2D eigenvalue weighted by Gasteiger charge is 2.22. The van der Waals surface area contributed by atoms with Gasteiger partial charge in [0.2, 0.25) is 11.2 Å². The summed E-state index contributed by atoms with van der Waals surface area (Å²) in [5.41, 5.74) is -0.196. The van der Waals surface area contributed by atoms with E-state index in [1.54, 1.807) is 6.92 Å². The largest absolute Gasteiger partial charge is 0.477 e. The molecule has 2 aromatic heterocycles. The quantitative estimate of drug-likeness (QED) is 0.782. The number of ether oxygens (including phenoxy) is 2. The number of nitrogens with zero attached hydrogens (tertiary/aromatic N) is 1. The van der Waals surface area contributed by atoms with Crippen LogP contribution >= 0.6 is 11.3 Å². The van der Waals surface area contributed by atoms with E-state index in [1.165, 1.54) is 24.5 Å². The molecule has 0 aliphatic rings. The van der Waals surface area contributed by atoms with Crippen LogP contribution < -0.4 is 15.5 Å². The van der Waals surface area contributed by atoms with Gasteiger partial charge in [-0.3, -0.25) is 14.9 Å². The molecule has 0 aromatic carbocycles. The molecule has 134 valence electrons. The zero-order chi connectivity index (χ0) is 18.6. The number of carbonyl (C=O) groups excluding carboxylic acids is 2. The zero-order valence-electron chi connectivity index (χ0n) is 14.2. The van der Waals surface area contributed by atoms with Gasteiger partial charge in [-0.1, -0.05) is 13.8 Å². The molecule has 0 radical (unpaired) electrons. The van der Waals surface area contributed by atoms with Gasteiger partial charge in [-0.15, -0.1) is 11.3 Å². The van der Waals surface area contributed by atoms with Crippen molar-refractivity contribution < 1.29 is 23.5 Å². The predicted molar refractivity (Wildman–Crippen MR) is 91.4 cm³/mol. The third kappa shape index (κ3) is 4.66. The monoisotopic (exact) mass is 366 g/mol. The van der Waals surface area contributed by atoms with Gasteiger partial charge in [-0.2, -0.15) is 0 Å². The number of methoxy groups -OCH3 is 1. The molecule has 1 N–H and O–H groups in total. The molecule has 0 saturated carbocycles. The lowest BCUT2D eigenvalue weighted by Crippen LogP contribution is -2.22. The molecule has 8 nitrogen and oxygen atoms in total. The van der Waals surface area contributed by atoms with Crippen molar-refractivity contribution in [2.75, 3.05) is 19.0 Å². The van der Waals surface area contributed by atoms with Crippen LogP contribution in [0.3, 0.4) is 0 Å². The van der Waals surface area contributed by atoms with E-state index in [-0.39, 0.29) is 27.9 Å². The Morgan fingerprint density at radius 2 is 2.12 bits per heavy atom. The molecule has 0 aliphatic heterocycles. The minimum atomic E-state index is -0.561. The fourth-order valence-corrected chi connectivity index (χ4v) is 2.89. The Hall–Kier alpha value is -2.68. The van der Waals surface area contributed by atoms with Crippen LogP contribution in [0, 0.1) is 6.92 Å². The number of hydrogen-bond acceptors (Lipinski definition) is 8. The second-order valence-corrected chi connectivity index (χ2v) is 6.46. The van der Waals surface area contributed by atoms with E-state index < -0.39 is 18.5 Å². The lowest BCUT2D eigenvalue weighted by molar-refractivity contribution is -0.118. The standard InChI is InChI=1S/C16H18N2O6S/c1-8(2)14-13(15(21)22-4)18-16(25-14)17-12(20)7-24-11-6-23-9(3)5-10(11)19/h5-6,8H,7H2,1-4H3,(H,17,18,20). The minimum Gasteiger partial charge on any atom is -0.477 e. The molecule has 0 unspecified atom stereocenters. The number of aromatic nitrogens is 1. The summed E-state index contributed by atoms with van der Waals surface area (Å²) >= 11 is 1.19. The Bertz CT molecular complexity index is 839. The van der Waals surface area contributed by atoms with Crippen molar-refractivity contribution in [1.29, 1.82) is 0 Å². The summed E-state index contributed by atoms with van der Waals surface area (Å²) in [4.78, 5) is 40.2. The van der Waals surface area contributed by atoms with Crippen LogP contribution in [0.4, 0.5) is 5.13 Å². The van der Waals surface area contributed by atoms with E-state index in [9.17, 15) is 14.4 Å². The number of nitrogens with one attached hydrogen (secondary N) is 1. The van der Waals surface area contributed by atoms with Gasteiger partial charge in [0.15, 0.2) is 17.4 Å². The molecule has 0 fully saturated rings. The predicted octanol–water partition coefficient (Wildman–Crippen LogP) is 2.33. The lowest BCUT2D eigenvalue weighted by atomic mass is 10.1. The third-order valence-corrected chi connectivity index (χ3v) is 4.36. The Morgan fingerprint density at radius 3 is 2.72 bits per heavy atom. The van der Waals surface area contributed by atoms with Gasteiger partial charge in [-0.25, -0.2) is 9.78 Å². The van der Waals surface area contributed by atoms with Crippen molar-refractivity contribution in [3.63, 3.8) is 0 Å². The molecule has 0 aliphatic carbocycles. The highest BCUT2D eigenvalue weighted by molar-refractivity contribution is 7.16. The number of anilines is 1. The van der Waals surface area contributed by atoms with E-state index in [0.717, 1.165) is 6.26 Å². The van der Waals surface area contributed by atoms with Crippen molar-refractivity contribution >= 4 is 28.3 Å². The summed E-state index contributed by atoms with van der Waals surface area (Å²) in [7, 11) is 1.27. The Morgan fingerprint density at radius 1 is 1.40 bits per heavy atom. The smallest absolute Gasteiger partial charge is 0.357 e. The molecule has 2 rings (SSSR count). The maximum atomic E-state index is 12.0. The van der Waals surface area contributed by atoms with E-state index in [1.807, 2.05) is 13.8 Å². The van der Waals surface area contributed by atoms with Gasteiger partial charge in [0.05, 0.1) is 7.11 Å². The summed E-state index contributed by atoms with van der Waals surface area (Å²) in [5.74, 6) is -0.640. The van der Waals surface area contributed by atoms with E-state index in [0.29, 0.717) is 10.6 Å². The van der Waals surface area contributed by atoms with Crippen LogP contribution in [0.25, 0.3) is 0 Å². The van der Waals surface area contributed by atoms with Crippen LogP contribution in [-0.2, 0) is 9.53 Å². The van der Waals surface area contributed by atoms with Crippen molar-refractivity contribution in [1.82, 2.24) is 4.98 Å². The molecule has 0 atom stereocenters. The first-order valence-corrected chi connectivity index (χ1v) is 8.24. The molecule has 0 saturated heterocycles. The summed E-state index contributed by atoms with van der Waals surface area (Å²) in [5, 5.41) is 2.80. The van der Waals surface area contributed by atoms with Gasteiger partial charge in [0.25, 0.3) is 5.91 Å². The van der Waals surface area contributed by atoms with Crippen LogP contribution in [0.15, 0.2) is 21.5 Å². The van der Waals surface area contributed by atoms with Crippen LogP contribution in [0.5, 0.6) is 5.75 Å². The van der Waals surface area contributed by atoms with Crippen molar-refractivity contribution in [2.45, 2.75) is 26.7 Å². The SMILES string of the molecule is COC(=O)c1nc(NC(=O)COc2coc(C)cc2=O)sc1C(C)C. The summed E-state index contributed by atoms with van der Waals surface area (Å²) in [6, 6.07) is 1.27. The molecular formula is C16H18N2O6S. The first kappa shape index (κ1) is 18.7. The summed E-state index contributed by atoms with van der Waals surface area (Å²) in [6.45, 7) is 5.06. The van der Waals surface area contributed by atoms with Gasteiger partial charge in [0, 0.05) is 10.9 Å². The van der Waals surface area contributed by atoms with Crippen molar-refractivity contribution in [3.05, 3.63) is 38.9 Å². The Balaban J connectivity index is 2.05. The van der Waals surface area contributed by atoms with Crippen LogP contribution in [-0.4, -0.2) is 30.6 Å². The Labute approximate surface area is 147 Å². The van der Waals surface area contributed by atoms with Crippen LogP contribution in [0.1, 0.15) is 40.9 Å². The van der Waals surface area contributed by atoms with E-state index in [2.05, 4.69) is 10.3 Å². The summed E-state index contributed by atoms with van der Waals surface area (Å²) < 4.78 is 14.9. The number of carbonyl (C=O) groups is 2. The van der Waals surface area contributed by atoms with Gasteiger partial charge < -0.3 is 13.9 Å². The number of amides is 1. The second kappa shape index (κ2) is 7.93. The first-order chi connectivity index (χ1) is 11.8. The molecule has 0 bridgehead atoms. The molecule has 2 aromatic rings. The third-order valence-electron chi connectivity index (χ3n) is 3.09. The number of rotatable bonds is 6. The summed E-state index contributed by atoms with van der Waals surface area (Å²) in [6.07, 6.45) is 1.15. The topological polar surface area (TPSA) is 108 Å². The minimum absolute atomic E-state index is 0.0469. The second-order valence-electron chi connectivity index (χ2n) is 5.43. The van der Waals surface area contributed by atoms with Gasteiger partial charge in [0.1, 0.15) is 12.0 Å². The lowest BCUT2D eigenvalue weighted by Gasteiger charge is -2.04. The van der Waals surface area contributed by atoms with Crippen LogP contribution in [0.2, 0.25) is 0 Å². The number of aryl methyl sites for hydroxylation is 1. The highest BCUT2D eigenvalue weighted by Crippen LogP contribution is 2.30. The fourth-order valence-electron chi connectivity index (χ4n) is 1.92. The average Bonchev–Trinajstić information content (AvgIpc) is 2.97. The number of hydrogen-bond donors (Lipinski definition) is 1. The Kier molecular flexibility index (Phi) is 5.92. The fraction of sp³-hybridized carbons (Fsp3) is 0.375. The number of thiazole rings is 1. The van der Waals surface area contributed by atoms with E-state index in [4.69, 9.17) is 13.9 Å². The zero-order valence-corrected chi connectivity index (χ0v) is 15.1. The first-order valence-electron chi connectivity index (χ1n) is 7.43. The molecule has 25 heavy (non-hydrogen) atoms. The maximum absolute atomic E-state index is 12.0. The molecular weight excluding hydrogens is 348 g/mol. The maximum Gasteiger partial charge on any atom is 0.357 e. The van der Waals surface area contributed by atoms with Crippen molar-refractivity contribution in [2.24, 2.45) is 0 Å². The number of esters is 1. The molecule has 9 heteroatoms. The molecule has 0 spiro atoms. The molecule has 2 heterocycles. The molecule has 1 amide bonds. The van der Waals surface area contributed by atoms with Gasteiger partial charge in [-0.05, 0) is 12.8 Å². The highest BCUT2D eigenvalue weighted by atomic mass is 32.1. The van der Waals surface area contributed by atoms with Gasteiger partial charge >= 0.3 is 5.97 Å². The average molecular weight is 366 g/mol. The normalized spacial score (nSPS) is 10.6. The van der Waals surface area contributed by atoms with Crippen molar-refractivity contribution in [3.8, 4) is 5.75 Å².